The van der Waals surface area contributed by atoms with Crippen molar-refractivity contribution in [3.8, 4) is 0 Å². The molecule has 3 fully saturated rings. The Kier molecular flexibility index (Phi) is 7.94. The molecule has 2 atom stereocenters. The summed E-state index contributed by atoms with van der Waals surface area (Å²) in [4.78, 5) is 29.5. The normalized spacial score (nSPS) is 27.2. The molecule has 2 heterocycles. The SMILES string of the molecule is CCCCCNC(=O)C1CCN(CC(=O)N2CCOC3CCCCC32)CC1. The molecular weight excluding hydrogens is 342 g/mol. The Labute approximate surface area is 164 Å². The Hall–Kier alpha value is -1.14. The predicted molar refractivity (Wildman–Crippen MR) is 105 cm³/mol. The van der Waals surface area contributed by atoms with Crippen molar-refractivity contribution in [1.82, 2.24) is 15.1 Å². The number of hydrogen-bond donors (Lipinski definition) is 1. The third-order valence-electron chi connectivity index (χ3n) is 6.45. The third kappa shape index (κ3) is 5.67. The van der Waals surface area contributed by atoms with E-state index in [0.717, 1.165) is 58.3 Å². The number of morpholine rings is 1. The van der Waals surface area contributed by atoms with Gasteiger partial charge in [-0.1, -0.05) is 32.6 Å². The maximum atomic E-state index is 12.9. The fourth-order valence-corrected chi connectivity index (χ4v) is 4.77. The molecule has 0 aromatic heterocycles. The van der Waals surface area contributed by atoms with Crippen molar-refractivity contribution in [2.75, 3.05) is 39.3 Å². The number of likely N-dealkylation sites (tertiary alicyclic amines) is 1. The maximum Gasteiger partial charge on any atom is 0.237 e. The monoisotopic (exact) mass is 379 g/mol. The van der Waals surface area contributed by atoms with Crippen LogP contribution in [-0.4, -0.2) is 73.1 Å². The van der Waals surface area contributed by atoms with E-state index in [9.17, 15) is 9.59 Å². The number of fused-ring (bicyclic) bond motifs is 1. The van der Waals surface area contributed by atoms with E-state index in [1.165, 1.54) is 25.7 Å². The van der Waals surface area contributed by atoms with Gasteiger partial charge >= 0.3 is 0 Å². The second kappa shape index (κ2) is 10.4. The van der Waals surface area contributed by atoms with Gasteiger partial charge in [0.2, 0.25) is 11.8 Å². The molecular formula is C21H37N3O3. The molecule has 1 N–H and O–H groups in total. The number of amides is 2. The number of hydrogen-bond acceptors (Lipinski definition) is 4. The Bertz CT molecular complexity index is 489. The molecule has 2 unspecified atom stereocenters. The lowest BCUT2D eigenvalue weighted by Gasteiger charge is -2.44. The van der Waals surface area contributed by atoms with Crippen molar-refractivity contribution >= 4 is 11.8 Å². The van der Waals surface area contributed by atoms with Crippen molar-refractivity contribution in [3.05, 3.63) is 0 Å². The summed E-state index contributed by atoms with van der Waals surface area (Å²) in [5.41, 5.74) is 0. The summed E-state index contributed by atoms with van der Waals surface area (Å²) in [5, 5.41) is 3.08. The van der Waals surface area contributed by atoms with Crippen LogP contribution in [0.4, 0.5) is 0 Å². The van der Waals surface area contributed by atoms with Crippen LogP contribution in [0.1, 0.15) is 64.7 Å². The molecule has 2 aliphatic heterocycles. The van der Waals surface area contributed by atoms with Crippen molar-refractivity contribution < 1.29 is 14.3 Å². The number of piperidine rings is 1. The molecule has 0 radical (unpaired) electrons. The van der Waals surface area contributed by atoms with Crippen molar-refractivity contribution in [2.24, 2.45) is 5.92 Å². The second-order valence-electron chi connectivity index (χ2n) is 8.40. The number of nitrogens with one attached hydrogen (secondary N) is 1. The van der Waals surface area contributed by atoms with Gasteiger partial charge in [0, 0.05) is 19.0 Å². The lowest BCUT2D eigenvalue weighted by Crippen LogP contribution is -2.57. The molecule has 6 nitrogen and oxygen atoms in total. The van der Waals surface area contributed by atoms with Crippen LogP contribution in [0, 0.1) is 5.92 Å². The van der Waals surface area contributed by atoms with Crippen molar-refractivity contribution in [1.29, 1.82) is 0 Å². The number of ether oxygens (including phenoxy) is 1. The summed E-state index contributed by atoms with van der Waals surface area (Å²) in [5.74, 6) is 0.567. The highest BCUT2D eigenvalue weighted by Gasteiger charge is 2.37. The predicted octanol–water partition coefficient (Wildman–Crippen LogP) is 2.17. The zero-order valence-corrected chi connectivity index (χ0v) is 17.0. The summed E-state index contributed by atoms with van der Waals surface area (Å²) < 4.78 is 5.89. The quantitative estimate of drug-likeness (QED) is 0.689. The Morgan fingerprint density at radius 3 is 2.59 bits per heavy atom. The minimum atomic E-state index is 0.115. The van der Waals surface area contributed by atoms with Gasteiger partial charge in [0.05, 0.1) is 25.3 Å². The van der Waals surface area contributed by atoms with Gasteiger partial charge in [-0.3, -0.25) is 14.5 Å². The molecule has 2 saturated heterocycles. The molecule has 0 bridgehead atoms. The van der Waals surface area contributed by atoms with Crippen LogP contribution < -0.4 is 5.32 Å². The van der Waals surface area contributed by atoms with E-state index in [4.69, 9.17) is 4.74 Å². The van der Waals surface area contributed by atoms with E-state index in [-0.39, 0.29) is 29.9 Å². The van der Waals surface area contributed by atoms with Gasteiger partial charge in [-0.2, -0.15) is 0 Å². The first kappa shape index (κ1) is 20.6. The Balaban J connectivity index is 1.39. The maximum absolute atomic E-state index is 12.9. The molecule has 2 amide bonds. The van der Waals surface area contributed by atoms with Crippen LogP contribution >= 0.6 is 0 Å². The van der Waals surface area contributed by atoms with E-state index >= 15 is 0 Å². The molecule has 154 valence electrons. The van der Waals surface area contributed by atoms with Gasteiger partial charge in [-0.25, -0.2) is 0 Å². The van der Waals surface area contributed by atoms with Gasteiger partial charge in [-0.05, 0) is 45.2 Å². The number of carbonyl (C=O) groups is 2. The van der Waals surface area contributed by atoms with E-state index < -0.39 is 0 Å². The molecule has 3 rings (SSSR count). The molecule has 27 heavy (non-hydrogen) atoms. The highest BCUT2D eigenvalue weighted by atomic mass is 16.5. The van der Waals surface area contributed by atoms with Crippen LogP contribution in [0.25, 0.3) is 0 Å². The molecule has 1 aliphatic carbocycles. The minimum absolute atomic E-state index is 0.115. The average Bonchev–Trinajstić information content (AvgIpc) is 2.71. The van der Waals surface area contributed by atoms with Gasteiger partial charge in [0.1, 0.15) is 0 Å². The van der Waals surface area contributed by atoms with Crippen LogP contribution in [0.2, 0.25) is 0 Å². The van der Waals surface area contributed by atoms with E-state index in [1.54, 1.807) is 0 Å². The Morgan fingerprint density at radius 2 is 1.81 bits per heavy atom. The van der Waals surface area contributed by atoms with E-state index in [1.807, 2.05) is 0 Å². The number of nitrogens with zero attached hydrogens (tertiary/aromatic N) is 2. The number of unbranched alkanes of at least 4 members (excludes halogenated alkanes) is 2. The molecule has 1 saturated carbocycles. The fraction of sp³-hybridized carbons (Fsp3) is 0.905. The molecule has 0 aromatic carbocycles. The summed E-state index contributed by atoms with van der Waals surface area (Å²) in [6, 6.07) is 0.284. The molecule has 3 aliphatic rings. The lowest BCUT2D eigenvalue weighted by molar-refractivity contribution is -0.151. The summed E-state index contributed by atoms with van der Waals surface area (Å²) in [7, 11) is 0. The van der Waals surface area contributed by atoms with Gasteiger partial charge in [0.25, 0.3) is 0 Å². The summed E-state index contributed by atoms with van der Waals surface area (Å²) in [6.45, 7) is 6.56. The summed E-state index contributed by atoms with van der Waals surface area (Å²) >= 11 is 0. The number of carbonyl (C=O) groups excluding carboxylic acids is 2. The minimum Gasteiger partial charge on any atom is -0.374 e. The third-order valence-corrected chi connectivity index (χ3v) is 6.45. The van der Waals surface area contributed by atoms with Crippen LogP contribution in [0.3, 0.4) is 0 Å². The van der Waals surface area contributed by atoms with Crippen molar-refractivity contribution in [3.63, 3.8) is 0 Å². The fourth-order valence-electron chi connectivity index (χ4n) is 4.77. The average molecular weight is 380 g/mol. The number of rotatable bonds is 7. The first-order valence-corrected chi connectivity index (χ1v) is 11.1. The van der Waals surface area contributed by atoms with Crippen LogP contribution in [0.5, 0.6) is 0 Å². The molecule has 0 aromatic rings. The van der Waals surface area contributed by atoms with Crippen LogP contribution in [-0.2, 0) is 14.3 Å². The van der Waals surface area contributed by atoms with Crippen molar-refractivity contribution in [2.45, 2.75) is 76.9 Å². The van der Waals surface area contributed by atoms with Gasteiger partial charge in [0.15, 0.2) is 0 Å². The Morgan fingerprint density at radius 1 is 1.04 bits per heavy atom. The van der Waals surface area contributed by atoms with Gasteiger partial charge < -0.3 is 15.0 Å². The van der Waals surface area contributed by atoms with Crippen LogP contribution in [0.15, 0.2) is 0 Å². The highest BCUT2D eigenvalue weighted by molar-refractivity contribution is 5.80. The highest BCUT2D eigenvalue weighted by Crippen LogP contribution is 2.28. The van der Waals surface area contributed by atoms with E-state index in [2.05, 4.69) is 22.0 Å². The molecule has 6 heteroatoms. The summed E-state index contributed by atoms with van der Waals surface area (Å²) in [6.07, 6.45) is 9.98. The second-order valence-corrected chi connectivity index (χ2v) is 8.40. The topological polar surface area (TPSA) is 61.9 Å². The first-order valence-electron chi connectivity index (χ1n) is 11.1. The lowest BCUT2D eigenvalue weighted by atomic mass is 9.90. The largest absolute Gasteiger partial charge is 0.374 e. The first-order chi connectivity index (χ1) is 13.2. The standard InChI is InChI=1S/C21H37N3O3/c1-2-3-6-11-22-21(26)17-9-12-23(13-10-17)16-20(25)24-14-15-27-19-8-5-4-7-18(19)24/h17-19H,2-16H2,1H3,(H,22,26). The van der Waals surface area contributed by atoms with Gasteiger partial charge in [-0.15, -0.1) is 0 Å². The smallest absolute Gasteiger partial charge is 0.237 e. The zero-order chi connectivity index (χ0) is 19.1. The zero-order valence-electron chi connectivity index (χ0n) is 17.0. The molecule has 0 spiro atoms. The van der Waals surface area contributed by atoms with E-state index in [0.29, 0.717) is 13.2 Å².